The first kappa shape index (κ1) is 14.8. The van der Waals surface area contributed by atoms with Crippen LogP contribution in [0.4, 0.5) is 0 Å². The molecule has 2 fully saturated rings. The minimum atomic E-state index is 0.137. The lowest BCUT2D eigenvalue weighted by molar-refractivity contribution is -0.142. The van der Waals surface area contributed by atoms with Crippen LogP contribution in [0.5, 0.6) is 0 Å². The maximum atomic E-state index is 12.8. The van der Waals surface area contributed by atoms with Gasteiger partial charge in [0.2, 0.25) is 5.91 Å². The van der Waals surface area contributed by atoms with E-state index < -0.39 is 0 Å². The predicted octanol–water partition coefficient (Wildman–Crippen LogP) is 1.51. The van der Waals surface area contributed by atoms with Crippen LogP contribution in [-0.2, 0) is 4.79 Å². The Balaban J connectivity index is 1.99. The van der Waals surface area contributed by atoms with E-state index in [9.17, 15) is 4.79 Å². The van der Waals surface area contributed by atoms with E-state index in [0.29, 0.717) is 37.4 Å². The van der Waals surface area contributed by atoms with Crippen molar-refractivity contribution in [2.24, 2.45) is 17.6 Å². The van der Waals surface area contributed by atoms with E-state index in [4.69, 9.17) is 10.8 Å². The van der Waals surface area contributed by atoms with Crippen molar-refractivity contribution in [1.82, 2.24) is 4.90 Å². The Kier molecular flexibility index (Phi) is 5.64. The van der Waals surface area contributed by atoms with E-state index in [1.54, 1.807) is 0 Å². The van der Waals surface area contributed by atoms with Gasteiger partial charge in [0, 0.05) is 25.1 Å². The van der Waals surface area contributed by atoms with E-state index in [2.05, 4.69) is 4.90 Å². The zero-order valence-corrected chi connectivity index (χ0v) is 11.9. The summed E-state index contributed by atoms with van der Waals surface area (Å²) >= 11 is 0. The molecule has 3 N–H and O–H groups in total. The van der Waals surface area contributed by atoms with E-state index in [1.807, 2.05) is 0 Å². The molecule has 0 aromatic rings. The van der Waals surface area contributed by atoms with Crippen molar-refractivity contribution in [3.63, 3.8) is 0 Å². The summed E-state index contributed by atoms with van der Waals surface area (Å²) in [6.45, 7) is 1.52. The highest BCUT2D eigenvalue weighted by Crippen LogP contribution is 2.33. The maximum Gasteiger partial charge on any atom is 0.226 e. The molecule has 2 rings (SSSR count). The van der Waals surface area contributed by atoms with Gasteiger partial charge in [-0.05, 0) is 51.0 Å². The van der Waals surface area contributed by atoms with Crippen LogP contribution in [0.2, 0.25) is 0 Å². The van der Waals surface area contributed by atoms with Crippen molar-refractivity contribution in [2.75, 3.05) is 19.7 Å². The standard InChI is InChI=1S/C15H28N2O2/c16-11-12-5-1-2-8-14(12)15(19)17(9-4-10-18)13-6-3-7-13/h12-14,18H,1-11,16H2. The molecular weight excluding hydrogens is 240 g/mol. The molecule has 0 spiro atoms. The van der Waals surface area contributed by atoms with Crippen LogP contribution in [0.15, 0.2) is 0 Å². The highest BCUT2D eigenvalue weighted by atomic mass is 16.3. The number of aliphatic hydroxyl groups excluding tert-OH is 1. The lowest BCUT2D eigenvalue weighted by atomic mass is 9.77. The van der Waals surface area contributed by atoms with E-state index in [1.165, 1.54) is 12.8 Å². The molecule has 2 aliphatic rings. The fourth-order valence-electron chi connectivity index (χ4n) is 3.44. The molecule has 2 aliphatic carbocycles. The monoisotopic (exact) mass is 268 g/mol. The summed E-state index contributed by atoms with van der Waals surface area (Å²) in [5.74, 6) is 0.823. The zero-order valence-electron chi connectivity index (χ0n) is 11.9. The molecule has 4 nitrogen and oxygen atoms in total. The number of nitrogens with two attached hydrogens (primary N) is 1. The molecule has 4 heteroatoms. The number of nitrogens with zero attached hydrogens (tertiary/aromatic N) is 1. The van der Waals surface area contributed by atoms with Crippen LogP contribution >= 0.6 is 0 Å². The van der Waals surface area contributed by atoms with Crippen molar-refractivity contribution < 1.29 is 9.90 Å². The van der Waals surface area contributed by atoms with Gasteiger partial charge in [-0.3, -0.25) is 4.79 Å². The predicted molar refractivity (Wildman–Crippen MR) is 75.6 cm³/mol. The second-order valence-electron chi connectivity index (χ2n) is 6.08. The lowest BCUT2D eigenvalue weighted by Gasteiger charge is -2.41. The molecule has 2 atom stereocenters. The SMILES string of the molecule is NCC1CCCCC1C(=O)N(CCCO)C1CCC1. The molecule has 2 saturated carbocycles. The third-order valence-corrected chi connectivity index (χ3v) is 4.88. The van der Waals surface area contributed by atoms with Crippen LogP contribution in [0.25, 0.3) is 0 Å². The fourth-order valence-corrected chi connectivity index (χ4v) is 3.44. The highest BCUT2D eigenvalue weighted by Gasteiger charge is 2.36. The molecular formula is C15H28N2O2. The molecule has 0 aromatic carbocycles. The van der Waals surface area contributed by atoms with Gasteiger partial charge in [0.25, 0.3) is 0 Å². The summed E-state index contributed by atoms with van der Waals surface area (Å²) < 4.78 is 0. The van der Waals surface area contributed by atoms with Crippen molar-refractivity contribution in [3.8, 4) is 0 Å². The van der Waals surface area contributed by atoms with Gasteiger partial charge in [-0.2, -0.15) is 0 Å². The Hall–Kier alpha value is -0.610. The Morgan fingerprint density at radius 2 is 1.89 bits per heavy atom. The number of hydrogen-bond donors (Lipinski definition) is 2. The molecule has 19 heavy (non-hydrogen) atoms. The van der Waals surface area contributed by atoms with Gasteiger partial charge in [0.15, 0.2) is 0 Å². The van der Waals surface area contributed by atoms with Gasteiger partial charge in [-0.1, -0.05) is 12.8 Å². The van der Waals surface area contributed by atoms with Crippen LogP contribution in [-0.4, -0.2) is 41.7 Å². The molecule has 110 valence electrons. The average Bonchev–Trinajstić information content (AvgIpc) is 2.40. The number of carbonyl (C=O) groups excluding carboxylic acids is 1. The van der Waals surface area contributed by atoms with Crippen molar-refractivity contribution >= 4 is 5.91 Å². The summed E-state index contributed by atoms with van der Waals surface area (Å²) in [5.41, 5.74) is 5.84. The van der Waals surface area contributed by atoms with Crippen LogP contribution in [0.3, 0.4) is 0 Å². The Morgan fingerprint density at radius 3 is 2.47 bits per heavy atom. The fraction of sp³-hybridized carbons (Fsp3) is 0.933. The summed E-state index contributed by atoms with van der Waals surface area (Å²) in [5, 5.41) is 9.02. The first-order valence-electron chi connectivity index (χ1n) is 7.89. The maximum absolute atomic E-state index is 12.8. The largest absolute Gasteiger partial charge is 0.396 e. The quantitative estimate of drug-likeness (QED) is 0.767. The van der Waals surface area contributed by atoms with Crippen molar-refractivity contribution in [3.05, 3.63) is 0 Å². The van der Waals surface area contributed by atoms with Crippen molar-refractivity contribution in [2.45, 2.75) is 57.4 Å². The third-order valence-electron chi connectivity index (χ3n) is 4.88. The number of hydrogen-bond acceptors (Lipinski definition) is 3. The molecule has 0 aromatic heterocycles. The summed E-state index contributed by atoms with van der Waals surface area (Å²) in [6, 6.07) is 0.430. The molecule has 2 unspecified atom stereocenters. The first-order chi connectivity index (χ1) is 9.27. The smallest absolute Gasteiger partial charge is 0.226 e. The van der Waals surface area contributed by atoms with Gasteiger partial charge < -0.3 is 15.7 Å². The highest BCUT2D eigenvalue weighted by molar-refractivity contribution is 5.79. The van der Waals surface area contributed by atoms with Gasteiger partial charge in [0.05, 0.1) is 0 Å². The lowest BCUT2D eigenvalue weighted by Crippen LogP contribution is -2.50. The topological polar surface area (TPSA) is 66.6 Å². The molecule has 0 aliphatic heterocycles. The summed E-state index contributed by atoms with van der Waals surface area (Å²) in [4.78, 5) is 14.9. The van der Waals surface area contributed by atoms with Crippen LogP contribution < -0.4 is 5.73 Å². The zero-order chi connectivity index (χ0) is 13.7. The number of rotatable bonds is 6. The Labute approximate surface area is 116 Å². The molecule has 0 bridgehead atoms. The van der Waals surface area contributed by atoms with E-state index in [0.717, 1.165) is 32.1 Å². The first-order valence-corrected chi connectivity index (χ1v) is 7.89. The molecule has 0 saturated heterocycles. The van der Waals surface area contributed by atoms with Crippen LogP contribution in [0.1, 0.15) is 51.4 Å². The number of amides is 1. The number of aliphatic hydroxyl groups is 1. The minimum Gasteiger partial charge on any atom is -0.396 e. The number of carbonyl (C=O) groups is 1. The van der Waals surface area contributed by atoms with E-state index >= 15 is 0 Å². The summed E-state index contributed by atoms with van der Waals surface area (Å²) in [6.07, 6.45) is 8.68. The Morgan fingerprint density at radius 1 is 1.16 bits per heavy atom. The average molecular weight is 268 g/mol. The van der Waals surface area contributed by atoms with Gasteiger partial charge in [0.1, 0.15) is 0 Å². The second-order valence-corrected chi connectivity index (χ2v) is 6.08. The Bertz CT molecular complexity index is 292. The van der Waals surface area contributed by atoms with Gasteiger partial charge in [-0.25, -0.2) is 0 Å². The van der Waals surface area contributed by atoms with Gasteiger partial charge >= 0.3 is 0 Å². The van der Waals surface area contributed by atoms with E-state index in [-0.39, 0.29) is 12.5 Å². The molecule has 0 heterocycles. The normalized spacial score (nSPS) is 27.9. The molecule has 1 amide bonds. The summed E-state index contributed by atoms with van der Waals surface area (Å²) in [7, 11) is 0. The molecule has 0 radical (unpaired) electrons. The minimum absolute atomic E-state index is 0.137. The van der Waals surface area contributed by atoms with Gasteiger partial charge in [-0.15, -0.1) is 0 Å². The van der Waals surface area contributed by atoms with Crippen LogP contribution in [0, 0.1) is 11.8 Å². The van der Waals surface area contributed by atoms with Crippen molar-refractivity contribution in [1.29, 1.82) is 0 Å². The second kappa shape index (κ2) is 7.25. The third kappa shape index (κ3) is 3.48.